The summed E-state index contributed by atoms with van der Waals surface area (Å²) in [4.78, 5) is 14.4. The van der Waals surface area contributed by atoms with Gasteiger partial charge in [0.25, 0.3) is 0 Å². The number of hydrogen-bond acceptors (Lipinski definition) is 5. The zero-order valence-electron chi connectivity index (χ0n) is 15.8. The van der Waals surface area contributed by atoms with Crippen LogP contribution in [0.2, 0.25) is 0 Å². The van der Waals surface area contributed by atoms with E-state index in [2.05, 4.69) is 60.6 Å². The summed E-state index contributed by atoms with van der Waals surface area (Å²) < 4.78 is 0.995. The molecule has 0 spiro atoms. The second kappa shape index (κ2) is 9.41. The van der Waals surface area contributed by atoms with Crippen LogP contribution < -0.4 is 10.2 Å². The van der Waals surface area contributed by atoms with Crippen molar-refractivity contribution < 1.29 is 4.79 Å². The van der Waals surface area contributed by atoms with Gasteiger partial charge in [-0.1, -0.05) is 70.2 Å². The maximum Gasteiger partial charge on any atom is 0.230 e. The number of thioether (sulfide) groups is 1. The third kappa shape index (κ3) is 5.16. The van der Waals surface area contributed by atoms with Gasteiger partial charge in [0, 0.05) is 24.1 Å². The lowest BCUT2D eigenvalue weighted by molar-refractivity contribution is -0.118. The van der Waals surface area contributed by atoms with Gasteiger partial charge in [0.05, 0.1) is 5.75 Å². The highest BCUT2D eigenvalue weighted by Gasteiger charge is 2.17. The van der Waals surface area contributed by atoms with Gasteiger partial charge < -0.3 is 10.2 Å². The Morgan fingerprint density at radius 2 is 1.83 bits per heavy atom. The van der Waals surface area contributed by atoms with Crippen molar-refractivity contribution in [2.75, 3.05) is 17.2 Å². The van der Waals surface area contributed by atoms with E-state index >= 15 is 0 Å². The van der Waals surface area contributed by atoms with Gasteiger partial charge in [-0.05, 0) is 41.3 Å². The predicted molar refractivity (Wildman–Crippen MR) is 120 cm³/mol. The molecule has 4 rings (SSSR count). The minimum absolute atomic E-state index is 0.0238. The number of benzene rings is 2. The van der Waals surface area contributed by atoms with Crippen molar-refractivity contribution in [1.29, 1.82) is 0 Å². The first kappa shape index (κ1) is 19.9. The van der Waals surface area contributed by atoms with E-state index < -0.39 is 0 Å². The van der Waals surface area contributed by atoms with Crippen LogP contribution in [0.3, 0.4) is 0 Å². The van der Waals surface area contributed by atoms with Crippen molar-refractivity contribution in [3.63, 3.8) is 0 Å². The Morgan fingerprint density at radius 1 is 1.03 bits per heavy atom. The van der Waals surface area contributed by atoms with E-state index in [0.717, 1.165) is 40.4 Å². The van der Waals surface area contributed by atoms with Crippen molar-refractivity contribution in [1.82, 2.24) is 15.5 Å². The van der Waals surface area contributed by atoms with Gasteiger partial charge in [-0.15, -0.1) is 10.2 Å². The number of anilines is 1. The van der Waals surface area contributed by atoms with Gasteiger partial charge in [0.2, 0.25) is 5.91 Å². The average molecular weight is 469 g/mol. The van der Waals surface area contributed by atoms with Crippen LogP contribution in [0.4, 0.5) is 5.82 Å². The number of carbonyl (C=O) groups is 1. The molecule has 7 heteroatoms. The second-order valence-corrected chi connectivity index (χ2v) is 8.68. The first-order chi connectivity index (χ1) is 14.2. The third-order valence-electron chi connectivity index (χ3n) is 4.87. The van der Waals surface area contributed by atoms with E-state index in [-0.39, 0.29) is 5.91 Å². The monoisotopic (exact) mass is 468 g/mol. The van der Waals surface area contributed by atoms with Crippen molar-refractivity contribution in [2.24, 2.45) is 0 Å². The van der Waals surface area contributed by atoms with Crippen LogP contribution in [0.15, 0.2) is 70.2 Å². The molecule has 0 fully saturated rings. The molecule has 1 amide bonds. The quantitative estimate of drug-likeness (QED) is 0.549. The zero-order valence-corrected chi connectivity index (χ0v) is 18.2. The molecule has 0 saturated carbocycles. The third-order valence-corrected chi connectivity index (χ3v) is 6.56. The Morgan fingerprint density at radius 3 is 2.62 bits per heavy atom. The summed E-state index contributed by atoms with van der Waals surface area (Å²) in [5.74, 6) is 1.17. The summed E-state index contributed by atoms with van der Waals surface area (Å²) in [6.07, 6.45) is 1.02. The molecule has 0 unspecified atom stereocenters. The molecule has 148 valence electrons. The molecule has 0 aliphatic carbocycles. The molecule has 3 aromatic rings. The number of carbonyl (C=O) groups excluding carboxylic acids is 1. The van der Waals surface area contributed by atoms with Crippen LogP contribution in [0.25, 0.3) is 0 Å². The van der Waals surface area contributed by atoms with Crippen LogP contribution in [0, 0.1) is 0 Å². The number of hydrogen-bond donors (Lipinski definition) is 1. The van der Waals surface area contributed by atoms with Gasteiger partial charge in [-0.25, -0.2) is 0 Å². The van der Waals surface area contributed by atoms with Crippen LogP contribution in [-0.4, -0.2) is 28.4 Å². The van der Waals surface area contributed by atoms with Gasteiger partial charge in [0.15, 0.2) is 5.82 Å². The Labute approximate surface area is 183 Å². The average Bonchev–Trinajstić information content (AvgIpc) is 2.77. The van der Waals surface area contributed by atoms with Crippen molar-refractivity contribution in [2.45, 2.75) is 24.5 Å². The van der Waals surface area contributed by atoms with Gasteiger partial charge in [-0.2, -0.15) is 0 Å². The number of fused-ring (bicyclic) bond motifs is 1. The molecule has 0 bridgehead atoms. The lowest BCUT2D eigenvalue weighted by Crippen LogP contribution is -2.31. The number of rotatable bonds is 6. The second-order valence-electron chi connectivity index (χ2n) is 6.83. The Hall–Kier alpha value is -2.38. The minimum atomic E-state index is -0.0238. The van der Waals surface area contributed by atoms with Gasteiger partial charge >= 0.3 is 0 Å². The van der Waals surface area contributed by atoms with Gasteiger partial charge in [0.1, 0.15) is 5.03 Å². The zero-order chi connectivity index (χ0) is 20.1. The Bertz CT molecular complexity index is 996. The topological polar surface area (TPSA) is 58.1 Å². The lowest BCUT2D eigenvalue weighted by Gasteiger charge is -2.29. The predicted octanol–water partition coefficient (Wildman–Crippen LogP) is 4.21. The fraction of sp³-hybridized carbons (Fsp3) is 0.227. The smallest absolute Gasteiger partial charge is 0.230 e. The van der Waals surface area contributed by atoms with E-state index in [1.165, 1.54) is 22.9 Å². The molecule has 1 aromatic heterocycles. The highest BCUT2D eigenvalue weighted by atomic mass is 79.9. The molecule has 0 radical (unpaired) electrons. The molecule has 29 heavy (non-hydrogen) atoms. The SMILES string of the molecule is O=C(CSc1ccc(N2CCc3ccccc3C2)nn1)NCc1ccccc1Br. The molecule has 0 saturated heterocycles. The maximum atomic E-state index is 12.1. The van der Waals surface area contributed by atoms with E-state index in [0.29, 0.717) is 12.3 Å². The highest BCUT2D eigenvalue weighted by Crippen LogP contribution is 2.24. The van der Waals surface area contributed by atoms with Crippen LogP contribution >= 0.6 is 27.7 Å². The molecule has 1 aliphatic rings. The molecule has 0 atom stereocenters. The van der Waals surface area contributed by atoms with Crippen molar-refractivity contribution in [3.8, 4) is 0 Å². The van der Waals surface area contributed by atoms with E-state index in [1.54, 1.807) is 0 Å². The fourth-order valence-electron chi connectivity index (χ4n) is 3.28. The number of halogens is 1. The minimum Gasteiger partial charge on any atom is -0.351 e. The molecule has 1 aliphatic heterocycles. The number of aromatic nitrogens is 2. The van der Waals surface area contributed by atoms with E-state index in [4.69, 9.17) is 0 Å². The first-order valence-corrected chi connectivity index (χ1v) is 11.3. The Kier molecular flexibility index (Phi) is 6.46. The molecule has 2 aromatic carbocycles. The summed E-state index contributed by atoms with van der Waals surface area (Å²) >= 11 is 4.89. The molecule has 5 nitrogen and oxygen atoms in total. The number of amides is 1. The molecular weight excluding hydrogens is 448 g/mol. The molecule has 1 N–H and O–H groups in total. The molecular formula is C22H21BrN4OS. The Balaban J connectivity index is 1.27. The van der Waals surface area contributed by atoms with E-state index in [1.807, 2.05) is 36.4 Å². The number of nitrogens with zero attached hydrogens (tertiary/aromatic N) is 3. The molecule has 2 heterocycles. The van der Waals surface area contributed by atoms with E-state index in [9.17, 15) is 4.79 Å². The fourth-order valence-corrected chi connectivity index (χ4v) is 4.34. The van der Waals surface area contributed by atoms with Gasteiger partial charge in [-0.3, -0.25) is 4.79 Å². The van der Waals surface area contributed by atoms with Crippen LogP contribution in [0.5, 0.6) is 0 Å². The standard InChI is InChI=1S/C22H21BrN4OS/c23-19-8-4-3-6-17(19)13-24-21(28)15-29-22-10-9-20(25-26-22)27-12-11-16-5-1-2-7-18(16)14-27/h1-10H,11-15H2,(H,24,28). The maximum absolute atomic E-state index is 12.1. The normalized spacial score (nSPS) is 13.1. The highest BCUT2D eigenvalue weighted by molar-refractivity contribution is 9.10. The van der Waals surface area contributed by atoms with Crippen molar-refractivity contribution >= 4 is 39.4 Å². The largest absolute Gasteiger partial charge is 0.351 e. The summed E-state index contributed by atoms with van der Waals surface area (Å²) in [5, 5.41) is 12.4. The lowest BCUT2D eigenvalue weighted by atomic mass is 10.00. The first-order valence-electron chi connectivity index (χ1n) is 9.47. The summed E-state index contributed by atoms with van der Waals surface area (Å²) in [6.45, 7) is 2.30. The van der Waals surface area contributed by atoms with Crippen LogP contribution in [0.1, 0.15) is 16.7 Å². The summed E-state index contributed by atoms with van der Waals surface area (Å²) in [6, 6.07) is 20.3. The summed E-state index contributed by atoms with van der Waals surface area (Å²) in [7, 11) is 0. The van der Waals surface area contributed by atoms with Crippen molar-refractivity contribution in [3.05, 3.63) is 81.8 Å². The number of nitrogens with one attached hydrogen (secondary N) is 1. The van der Waals surface area contributed by atoms with Crippen LogP contribution in [-0.2, 0) is 24.3 Å². The summed E-state index contributed by atoms with van der Waals surface area (Å²) in [5.41, 5.74) is 3.82.